The van der Waals surface area contributed by atoms with Crippen LogP contribution in [0.4, 0.5) is 0 Å². The Morgan fingerprint density at radius 1 is 1.09 bits per heavy atom. The maximum Gasteiger partial charge on any atom is 0.296 e. The molecule has 0 radical (unpaired) electrons. The molecule has 1 amide bonds. The Bertz CT molecular complexity index is 1270. The predicted octanol–water partition coefficient (Wildman–Crippen LogP) is 6.61. The molecule has 5 rings (SSSR count). The molecule has 1 fully saturated rings. The number of hydrogen-bond donors (Lipinski definition) is 0. The van der Waals surface area contributed by atoms with Crippen molar-refractivity contribution in [1.82, 2.24) is 14.8 Å². The molecule has 0 N–H and O–H groups in total. The largest absolute Gasteiger partial charge is 0.296 e. The summed E-state index contributed by atoms with van der Waals surface area (Å²) in [5.74, 6) is -0.108. The molecule has 1 aromatic heterocycles. The fourth-order valence-corrected chi connectivity index (χ4v) is 5.17. The van der Waals surface area contributed by atoms with Gasteiger partial charge in [0.25, 0.3) is 5.91 Å². The zero-order valence-electron chi connectivity index (χ0n) is 19.8. The lowest BCUT2D eigenvalue weighted by molar-refractivity contribution is 0.0674. The van der Waals surface area contributed by atoms with Crippen molar-refractivity contribution >= 4 is 29.3 Å². The first-order valence-corrected chi connectivity index (χ1v) is 12.3. The minimum atomic E-state index is -0.251. The van der Waals surface area contributed by atoms with Crippen molar-refractivity contribution in [1.29, 1.82) is 0 Å². The second-order valence-corrected chi connectivity index (χ2v) is 9.66. The molecule has 1 aliphatic heterocycles. The van der Waals surface area contributed by atoms with Crippen LogP contribution in [0.3, 0.4) is 0 Å². The summed E-state index contributed by atoms with van der Waals surface area (Å²) in [6.45, 7) is 6.78. The summed E-state index contributed by atoms with van der Waals surface area (Å²) < 4.78 is 1.69. The average molecular weight is 473 g/mol. The van der Waals surface area contributed by atoms with Crippen molar-refractivity contribution in [3.05, 3.63) is 93.3 Å². The molecule has 2 atom stereocenters. The van der Waals surface area contributed by atoms with E-state index in [1.54, 1.807) is 15.9 Å². The number of rotatable bonds is 4. The first-order chi connectivity index (χ1) is 16.4. The maximum absolute atomic E-state index is 13.7. The van der Waals surface area contributed by atoms with Gasteiger partial charge < -0.3 is 0 Å². The van der Waals surface area contributed by atoms with Crippen molar-refractivity contribution < 1.29 is 4.79 Å². The highest BCUT2D eigenvalue weighted by Gasteiger charge is 2.44. The molecule has 34 heavy (non-hydrogen) atoms. The van der Waals surface area contributed by atoms with Crippen molar-refractivity contribution in [3.63, 3.8) is 0 Å². The summed E-state index contributed by atoms with van der Waals surface area (Å²) in [5.41, 5.74) is 7.15. The number of hydrogen-bond acceptors (Lipinski definition) is 3. The molecule has 5 nitrogen and oxygen atoms in total. The van der Waals surface area contributed by atoms with E-state index in [4.69, 9.17) is 16.7 Å². The number of amides is 1. The Morgan fingerprint density at radius 2 is 1.76 bits per heavy atom. The summed E-state index contributed by atoms with van der Waals surface area (Å²) in [4.78, 5) is 13.7. The number of aromatic nitrogens is 2. The van der Waals surface area contributed by atoms with Crippen LogP contribution >= 0.6 is 11.6 Å². The van der Waals surface area contributed by atoms with Crippen LogP contribution in [-0.4, -0.2) is 26.4 Å². The molecule has 0 bridgehead atoms. The van der Waals surface area contributed by atoms with Crippen LogP contribution in [0.1, 0.15) is 65.0 Å². The van der Waals surface area contributed by atoms with Crippen molar-refractivity contribution in [2.45, 2.75) is 52.6 Å². The predicted molar refractivity (Wildman–Crippen MR) is 137 cm³/mol. The molecule has 2 aromatic carbocycles. The number of carbonyl (C=O) groups excluding carboxylic acids is 1. The van der Waals surface area contributed by atoms with Crippen molar-refractivity contribution in [3.8, 4) is 0 Å². The minimum absolute atomic E-state index is 0.143. The van der Waals surface area contributed by atoms with Gasteiger partial charge in [-0.2, -0.15) is 10.2 Å². The van der Waals surface area contributed by atoms with Crippen LogP contribution in [0.2, 0.25) is 5.02 Å². The molecular formula is C28H29ClN4O. The second-order valence-electron chi connectivity index (χ2n) is 9.25. The van der Waals surface area contributed by atoms with Gasteiger partial charge in [-0.1, -0.05) is 71.3 Å². The van der Waals surface area contributed by atoms with Gasteiger partial charge in [-0.25, -0.2) is 5.01 Å². The molecule has 0 spiro atoms. The van der Waals surface area contributed by atoms with Crippen LogP contribution in [0.5, 0.6) is 0 Å². The van der Waals surface area contributed by atoms with Crippen LogP contribution in [-0.2, 0) is 6.54 Å². The van der Waals surface area contributed by atoms with Crippen molar-refractivity contribution in [2.75, 3.05) is 0 Å². The monoisotopic (exact) mass is 472 g/mol. The summed E-state index contributed by atoms with van der Waals surface area (Å²) in [6, 6.07) is 16.8. The van der Waals surface area contributed by atoms with E-state index in [1.807, 2.05) is 6.92 Å². The van der Waals surface area contributed by atoms with Crippen molar-refractivity contribution in [2.24, 2.45) is 11.0 Å². The molecule has 3 aromatic rings. The highest BCUT2D eigenvalue weighted by molar-refractivity contribution is 6.33. The van der Waals surface area contributed by atoms with E-state index in [0.717, 1.165) is 36.1 Å². The lowest BCUT2D eigenvalue weighted by Crippen LogP contribution is -2.32. The fourth-order valence-electron chi connectivity index (χ4n) is 4.94. The third-order valence-electron chi connectivity index (χ3n) is 6.79. The minimum Gasteiger partial charge on any atom is -0.271 e. The topological polar surface area (TPSA) is 50.5 Å². The Morgan fingerprint density at radius 3 is 2.41 bits per heavy atom. The van der Waals surface area contributed by atoms with Gasteiger partial charge in [0.05, 0.1) is 16.8 Å². The first kappa shape index (κ1) is 22.6. The van der Waals surface area contributed by atoms with Gasteiger partial charge in [-0.05, 0) is 62.8 Å². The Kier molecular flexibility index (Phi) is 6.13. The smallest absolute Gasteiger partial charge is 0.271 e. The number of hydrazone groups is 1. The zero-order valence-corrected chi connectivity index (χ0v) is 20.6. The van der Waals surface area contributed by atoms with E-state index < -0.39 is 0 Å². The van der Waals surface area contributed by atoms with Gasteiger partial charge in [0, 0.05) is 18.7 Å². The normalized spacial score (nSPS) is 21.0. The third kappa shape index (κ3) is 4.21. The van der Waals surface area contributed by atoms with E-state index in [9.17, 15) is 4.79 Å². The number of benzene rings is 2. The van der Waals surface area contributed by atoms with Gasteiger partial charge in [0.15, 0.2) is 5.69 Å². The summed E-state index contributed by atoms with van der Waals surface area (Å²) in [5, 5.41) is 11.4. The lowest BCUT2D eigenvalue weighted by Gasteiger charge is -2.29. The first-order valence-electron chi connectivity index (χ1n) is 11.9. The van der Waals surface area contributed by atoms with E-state index >= 15 is 0 Å². The number of halogens is 1. The third-order valence-corrected chi connectivity index (χ3v) is 7.07. The average Bonchev–Trinajstić information content (AvgIpc) is 3.42. The van der Waals surface area contributed by atoms with Gasteiger partial charge >= 0.3 is 0 Å². The molecule has 0 saturated heterocycles. The maximum atomic E-state index is 13.7. The highest BCUT2D eigenvalue weighted by atomic mass is 35.5. The fraction of sp³-hybridized carbons (Fsp3) is 0.321. The quantitative estimate of drug-likeness (QED) is 0.429. The van der Waals surface area contributed by atoms with Gasteiger partial charge in [-0.15, -0.1) is 0 Å². The molecule has 1 saturated carbocycles. The van der Waals surface area contributed by atoms with Gasteiger partial charge in [0.2, 0.25) is 0 Å². The van der Waals surface area contributed by atoms with Gasteiger partial charge in [-0.3, -0.25) is 9.48 Å². The van der Waals surface area contributed by atoms with Gasteiger partial charge in [0.1, 0.15) is 0 Å². The van der Waals surface area contributed by atoms with E-state index in [0.29, 0.717) is 11.6 Å². The molecule has 6 heteroatoms. The molecule has 2 heterocycles. The number of nitrogens with zero attached hydrogens (tertiary/aromatic N) is 4. The van der Waals surface area contributed by atoms with E-state index in [1.165, 1.54) is 16.7 Å². The molecular weight excluding hydrogens is 444 g/mol. The highest BCUT2D eigenvalue weighted by Crippen LogP contribution is 2.45. The van der Waals surface area contributed by atoms with E-state index in [-0.39, 0.29) is 23.6 Å². The zero-order chi connectivity index (χ0) is 23.8. The molecule has 174 valence electrons. The molecule has 2 unspecified atom stereocenters. The van der Waals surface area contributed by atoms with E-state index in [2.05, 4.69) is 73.6 Å². The number of fused-ring (bicyclic) bond motifs is 1. The van der Waals surface area contributed by atoms with Crippen LogP contribution in [0.15, 0.2) is 65.4 Å². The number of allylic oxidation sites excluding steroid dienone is 1. The van der Waals surface area contributed by atoms with Crippen LogP contribution < -0.4 is 0 Å². The SMILES string of the molecule is CCn1cc(Cl)c(C(=O)N2N=C3/C(=C/c4ccc(C)cc4)CCCC3C2c2ccc(C)cc2)n1. The number of carbonyl (C=O) groups is 1. The van der Waals surface area contributed by atoms with Crippen LogP contribution in [0, 0.1) is 19.8 Å². The number of aryl methyl sites for hydroxylation is 3. The summed E-state index contributed by atoms with van der Waals surface area (Å²) in [6.07, 6.45) is 6.94. The molecule has 1 aliphatic carbocycles. The Hall–Kier alpha value is -3.18. The second kappa shape index (κ2) is 9.22. The Balaban J connectivity index is 1.58. The lowest BCUT2D eigenvalue weighted by atomic mass is 9.77. The Labute approximate surface area is 205 Å². The standard InChI is InChI=1S/C28H29ClN4O/c1-4-32-17-24(29)26(30-32)28(34)33-27(21-14-10-19(3)11-15-21)23-7-5-6-22(25(23)31-33)16-20-12-8-18(2)9-13-20/h8-17,23,27H,4-7H2,1-3H3/b22-16+. The summed E-state index contributed by atoms with van der Waals surface area (Å²) in [7, 11) is 0. The summed E-state index contributed by atoms with van der Waals surface area (Å²) >= 11 is 6.42. The molecule has 2 aliphatic rings. The van der Waals surface area contributed by atoms with Crippen LogP contribution in [0.25, 0.3) is 6.08 Å².